The molecule has 1 fully saturated rings. The fourth-order valence-corrected chi connectivity index (χ4v) is 3.62. The molecule has 0 aliphatic carbocycles. The molecule has 24 heavy (non-hydrogen) atoms. The van der Waals surface area contributed by atoms with Crippen LogP contribution in [0.2, 0.25) is 0 Å². The zero-order valence-corrected chi connectivity index (χ0v) is 16.2. The summed E-state index contributed by atoms with van der Waals surface area (Å²) in [6, 6.07) is 14.4. The van der Waals surface area contributed by atoms with Crippen molar-refractivity contribution < 1.29 is 9.59 Å². The highest BCUT2D eigenvalue weighted by atomic mass is 79.9. The summed E-state index contributed by atoms with van der Waals surface area (Å²) < 4.78 is 1.77. The predicted molar refractivity (Wildman–Crippen MR) is 101 cm³/mol. The molecule has 2 aromatic carbocycles. The van der Waals surface area contributed by atoms with E-state index < -0.39 is 6.04 Å². The van der Waals surface area contributed by atoms with E-state index in [1.54, 1.807) is 28.9 Å². The molecule has 1 aliphatic rings. The van der Waals surface area contributed by atoms with Gasteiger partial charge >= 0.3 is 0 Å². The third-order valence-corrected chi connectivity index (χ3v) is 5.09. The second-order valence-corrected chi connectivity index (χ2v) is 7.49. The second-order valence-electron chi connectivity index (χ2n) is 5.65. The SMILES string of the molecule is C[C@@H]1C(=O)N(c2cccc(Br)c2)CCN1C(=O)c1cccc(Br)c1. The van der Waals surface area contributed by atoms with Crippen LogP contribution in [0, 0.1) is 0 Å². The van der Waals surface area contributed by atoms with Crippen molar-refractivity contribution in [3.8, 4) is 0 Å². The minimum Gasteiger partial charge on any atom is -0.325 e. The third kappa shape index (κ3) is 3.39. The molecule has 124 valence electrons. The van der Waals surface area contributed by atoms with E-state index in [-0.39, 0.29) is 11.8 Å². The summed E-state index contributed by atoms with van der Waals surface area (Å²) >= 11 is 6.81. The summed E-state index contributed by atoms with van der Waals surface area (Å²) in [5.74, 6) is -0.186. The Morgan fingerprint density at radius 2 is 1.71 bits per heavy atom. The van der Waals surface area contributed by atoms with E-state index in [2.05, 4.69) is 31.9 Å². The standard InChI is InChI=1S/C18H16Br2N2O2/c1-12-17(23)22(16-7-3-6-15(20)11-16)9-8-21(12)18(24)13-4-2-5-14(19)10-13/h2-7,10-12H,8-9H2,1H3/t12-/m1/s1. The molecule has 1 atom stereocenters. The molecule has 0 spiro atoms. The highest BCUT2D eigenvalue weighted by Gasteiger charge is 2.35. The number of halogens is 2. The van der Waals surface area contributed by atoms with Crippen LogP contribution in [0.5, 0.6) is 0 Å². The summed E-state index contributed by atoms with van der Waals surface area (Å²) in [6.45, 7) is 2.77. The smallest absolute Gasteiger partial charge is 0.254 e. The molecule has 0 unspecified atom stereocenters. The minimum absolute atomic E-state index is 0.0669. The molecule has 0 aromatic heterocycles. The van der Waals surface area contributed by atoms with E-state index in [1.807, 2.05) is 36.4 Å². The number of nitrogens with zero attached hydrogens (tertiary/aromatic N) is 2. The van der Waals surface area contributed by atoms with Gasteiger partial charge < -0.3 is 9.80 Å². The van der Waals surface area contributed by atoms with Crippen molar-refractivity contribution in [1.82, 2.24) is 4.90 Å². The van der Waals surface area contributed by atoms with E-state index in [0.29, 0.717) is 18.7 Å². The van der Waals surface area contributed by atoms with Crippen LogP contribution in [-0.2, 0) is 4.79 Å². The van der Waals surface area contributed by atoms with E-state index in [9.17, 15) is 9.59 Å². The summed E-state index contributed by atoms with van der Waals surface area (Å²) in [5, 5.41) is 0. The fourth-order valence-electron chi connectivity index (χ4n) is 2.84. The van der Waals surface area contributed by atoms with Crippen molar-refractivity contribution in [1.29, 1.82) is 0 Å². The number of hydrogen-bond acceptors (Lipinski definition) is 2. The Morgan fingerprint density at radius 1 is 1.04 bits per heavy atom. The molecule has 0 bridgehead atoms. The molecule has 6 heteroatoms. The number of hydrogen-bond donors (Lipinski definition) is 0. The van der Waals surface area contributed by atoms with E-state index in [1.165, 1.54) is 0 Å². The molecule has 1 aliphatic heterocycles. The average Bonchev–Trinajstić information content (AvgIpc) is 2.56. The van der Waals surface area contributed by atoms with Gasteiger partial charge in [0.15, 0.2) is 0 Å². The number of rotatable bonds is 2. The first kappa shape index (κ1) is 17.2. The highest BCUT2D eigenvalue weighted by molar-refractivity contribution is 9.10. The number of piperazine rings is 1. The normalized spacial score (nSPS) is 18.0. The fraction of sp³-hybridized carbons (Fsp3) is 0.222. The van der Waals surface area contributed by atoms with Gasteiger partial charge in [-0.05, 0) is 43.3 Å². The second kappa shape index (κ2) is 7.07. The van der Waals surface area contributed by atoms with Crippen LogP contribution in [0.15, 0.2) is 57.5 Å². The van der Waals surface area contributed by atoms with Gasteiger partial charge in [-0.25, -0.2) is 0 Å². The minimum atomic E-state index is -0.496. The van der Waals surface area contributed by atoms with Gasteiger partial charge in [0.25, 0.3) is 5.91 Å². The van der Waals surface area contributed by atoms with Crippen LogP contribution in [0.25, 0.3) is 0 Å². The van der Waals surface area contributed by atoms with Crippen LogP contribution in [0.3, 0.4) is 0 Å². The third-order valence-electron chi connectivity index (χ3n) is 4.11. The maximum atomic E-state index is 12.8. The van der Waals surface area contributed by atoms with Gasteiger partial charge in [-0.3, -0.25) is 9.59 Å². The molecule has 2 amide bonds. The maximum absolute atomic E-state index is 12.8. The van der Waals surface area contributed by atoms with Crippen LogP contribution in [0.4, 0.5) is 5.69 Å². The van der Waals surface area contributed by atoms with E-state index >= 15 is 0 Å². The van der Waals surface area contributed by atoms with Crippen molar-refractivity contribution >= 4 is 49.4 Å². The first-order valence-electron chi connectivity index (χ1n) is 7.61. The van der Waals surface area contributed by atoms with Crippen molar-refractivity contribution in [2.24, 2.45) is 0 Å². The van der Waals surface area contributed by atoms with Crippen molar-refractivity contribution in [3.05, 3.63) is 63.0 Å². The van der Waals surface area contributed by atoms with Gasteiger partial charge in [-0.1, -0.05) is 44.0 Å². The Kier molecular flexibility index (Phi) is 5.06. The van der Waals surface area contributed by atoms with Crippen LogP contribution in [0.1, 0.15) is 17.3 Å². The van der Waals surface area contributed by atoms with Crippen molar-refractivity contribution in [2.45, 2.75) is 13.0 Å². The van der Waals surface area contributed by atoms with Crippen LogP contribution < -0.4 is 4.90 Å². The van der Waals surface area contributed by atoms with Crippen LogP contribution >= 0.6 is 31.9 Å². The quantitative estimate of drug-likeness (QED) is 0.689. The highest BCUT2D eigenvalue weighted by Crippen LogP contribution is 2.25. The molecule has 2 aromatic rings. The average molecular weight is 452 g/mol. The molecular formula is C18H16Br2N2O2. The zero-order valence-electron chi connectivity index (χ0n) is 13.1. The Labute approximate surface area is 157 Å². The monoisotopic (exact) mass is 450 g/mol. The number of amides is 2. The Hall–Kier alpha value is -1.66. The van der Waals surface area contributed by atoms with Gasteiger partial charge in [0.05, 0.1) is 0 Å². The summed E-state index contributed by atoms with van der Waals surface area (Å²) in [5.41, 5.74) is 1.43. The number of carbonyl (C=O) groups excluding carboxylic acids is 2. The zero-order chi connectivity index (χ0) is 17.3. The first-order chi connectivity index (χ1) is 11.5. The summed E-state index contributed by atoms with van der Waals surface area (Å²) in [6.07, 6.45) is 0. The topological polar surface area (TPSA) is 40.6 Å². The van der Waals surface area contributed by atoms with E-state index in [4.69, 9.17) is 0 Å². The molecule has 1 heterocycles. The Morgan fingerprint density at radius 3 is 2.38 bits per heavy atom. The summed E-state index contributed by atoms with van der Waals surface area (Å²) in [7, 11) is 0. The maximum Gasteiger partial charge on any atom is 0.254 e. The lowest BCUT2D eigenvalue weighted by molar-refractivity contribution is -0.124. The molecule has 1 saturated heterocycles. The van der Waals surface area contributed by atoms with Crippen LogP contribution in [-0.4, -0.2) is 35.8 Å². The van der Waals surface area contributed by atoms with Crippen molar-refractivity contribution in [2.75, 3.05) is 18.0 Å². The molecule has 0 N–H and O–H groups in total. The van der Waals surface area contributed by atoms with Gasteiger partial charge in [0, 0.05) is 33.3 Å². The predicted octanol–water partition coefficient (Wildman–Crippen LogP) is 4.09. The largest absolute Gasteiger partial charge is 0.325 e. The number of benzene rings is 2. The lowest BCUT2D eigenvalue weighted by atomic mass is 10.1. The Bertz CT molecular complexity index is 794. The summed E-state index contributed by atoms with van der Waals surface area (Å²) in [4.78, 5) is 28.9. The van der Waals surface area contributed by atoms with Gasteiger partial charge in [-0.2, -0.15) is 0 Å². The van der Waals surface area contributed by atoms with Crippen molar-refractivity contribution in [3.63, 3.8) is 0 Å². The molecule has 3 rings (SSSR count). The van der Waals surface area contributed by atoms with Gasteiger partial charge in [0.1, 0.15) is 6.04 Å². The lowest BCUT2D eigenvalue weighted by Gasteiger charge is -2.39. The number of carbonyl (C=O) groups is 2. The van der Waals surface area contributed by atoms with E-state index in [0.717, 1.165) is 14.6 Å². The lowest BCUT2D eigenvalue weighted by Crippen LogP contribution is -2.57. The number of anilines is 1. The van der Waals surface area contributed by atoms with Gasteiger partial charge in [-0.15, -0.1) is 0 Å². The molecule has 0 radical (unpaired) electrons. The first-order valence-corrected chi connectivity index (χ1v) is 9.19. The molecular weight excluding hydrogens is 436 g/mol. The Balaban J connectivity index is 1.81. The molecule has 4 nitrogen and oxygen atoms in total. The molecule has 0 saturated carbocycles. The van der Waals surface area contributed by atoms with Gasteiger partial charge in [0.2, 0.25) is 5.91 Å².